The third-order valence-electron chi connectivity index (χ3n) is 6.53. The van der Waals surface area contributed by atoms with Gasteiger partial charge in [0.05, 0.1) is 0 Å². The molecule has 0 aromatic heterocycles. The third-order valence-corrected chi connectivity index (χ3v) is 11.9. The quantitative estimate of drug-likeness (QED) is 0.404. The topological polar surface area (TPSA) is 21.8 Å². The Balaban J connectivity index is 1.75. The van der Waals surface area contributed by atoms with Crippen LogP contribution in [-0.4, -0.2) is 14.4 Å². The summed E-state index contributed by atoms with van der Waals surface area (Å²) in [6, 6.07) is 27.6. The largest absolute Gasteiger partial charge is 0.375 e. The average molecular weight is 435 g/mol. The molecule has 1 aliphatic heterocycles. The minimum atomic E-state index is -2.74. The van der Waals surface area contributed by atoms with E-state index in [9.17, 15) is 0 Å². The fraction of sp³-hybridized carbons (Fsp3) is 0.308. The van der Waals surface area contributed by atoms with Crippen molar-refractivity contribution < 1.29 is 9.16 Å². The Labute approximate surface area is 184 Å². The van der Waals surface area contributed by atoms with Crippen LogP contribution < -0.4 is 10.4 Å². The van der Waals surface area contributed by atoms with Crippen LogP contribution in [0.2, 0.25) is 10.1 Å². The molecular formula is C26H27ClO2Si. The molecule has 2 atom stereocenters. The number of ether oxygens (including phenoxy) is 1. The van der Waals surface area contributed by atoms with Gasteiger partial charge in [0.25, 0.3) is 8.32 Å². The molecule has 1 aliphatic carbocycles. The summed E-state index contributed by atoms with van der Waals surface area (Å²) in [6.07, 6.45) is 2.00. The van der Waals surface area contributed by atoms with E-state index < -0.39 is 14.1 Å². The van der Waals surface area contributed by atoms with Crippen LogP contribution in [0.1, 0.15) is 38.3 Å². The van der Waals surface area contributed by atoms with E-state index >= 15 is 0 Å². The van der Waals surface area contributed by atoms with Crippen LogP contribution in [0.4, 0.5) is 0 Å². The summed E-state index contributed by atoms with van der Waals surface area (Å²) in [4.78, 5) is 0. The number of epoxide rings is 1. The van der Waals surface area contributed by atoms with E-state index in [2.05, 4.69) is 87.5 Å². The van der Waals surface area contributed by atoms with Gasteiger partial charge in [-0.2, -0.15) is 0 Å². The zero-order chi connectivity index (χ0) is 21.0. The monoisotopic (exact) mass is 434 g/mol. The lowest BCUT2D eigenvalue weighted by atomic mass is 9.89. The van der Waals surface area contributed by atoms with Gasteiger partial charge in [-0.05, 0) is 39.9 Å². The molecule has 2 aliphatic rings. The van der Waals surface area contributed by atoms with Gasteiger partial charge in [-0.25, -0.2) is 0 Å². The SMILES string of the molecule is CC(C)(C)[Si](O[C@]12O[C@H]1CCc1cccc(Cl)c12)(c1ccccc1)c1ccccc1. The Kier molecular flexibility index (Phi) is 4.71. The fourth-order valence-corrected chi connectivity index (χ4v) is 10.1. The van der Waals surface area contributed by atoms with Crippen LogP contribution in [0.25, 0.3) is 0 Å². The summed E-state index contributed by atoms with van der Waals surface area (Å²) in [5.41, 5.74) is 2.28. The van der Waals surface area contributed by atoms with Crippen LogP contribution in [0.5, 0.6) is 0 Å². The smallest absolute Gasteiger partial charge is 0.265 e. The molecule has 3 aromatic carbocycles. The minimum absolute atomic E-state index is 0.0616. The van der Waals surface area contributed by atoms with E-state index in [4.69, 9.17) is 20.8 Å². The number of benzene rings is 3. The second kappa shape index (κ2) is 7.06. The van der Waals surface area contributed by atoms with Crippen molar-refractivity contribution in [3.8, 4) is 0 Å². The first-order chi connectivity index (χ1) is 14.4. The summed E-state index contributed by atoms with van der Waals surface area (Å²) >= 11 is 6.74. The van der Waals surface area contributed by atoms with Gasteiger partial charge in [-0.3, -0.25) is 0 Å². The first-order valence-electron chi connectivity index (χ1n) is 10.7. The lowest BCUT2D eigenvalue weighted by molar-refractivity contribution is 0.0481. The highest BCUT2D eigenvalue weighted by Gasteiger charge is 2.68. The maximum atomic E-state index is 7.42. The van der Waals surface area contributed by atoms with Crippen molar-refractivity contribution in [3.63, 3.8) is 0 Å². The molecule has 1 heterocycles. The van der Waals surface area contributed by atoms with Crippen LogP contribution >= 0.6 is 11.6 Å². The maximum absolute atomic E-state index is 7.42. The molecule has 4 heteroatoms. The van der Waals surface area contributed by atoms with Gasteiger partial charge in [-0.1, -0.05) is 105 Å². The second-order valence-electron chi connectivity index (χ2n) is 9.35. The van der Waals surface area contributed by atoms with Crippen LogP contribution in [0, 0.1) is 0 Å². The first kappa shape index (κ1) is 20.0. The van der Waals surface area contributed by atoms with Crippen molar-refractivity contribution in [1.29, 1.82) is 0 Å². The van der Waals surface area contributed by atoms with Gasteiger partial charge in [0.1, 0.15) is 6.10 Å². The highest BCUT2D eigenvalue weighted by atomic mass is 35.5. The Morgan fingerprint density at radius 3 is 2.07 bits per heavy atom. The van der Waals surface area contributed by atoms with E-state index in [0.29, 0.717) is 0 Å². The molecule has 1 saturated heterocycles. The number of hydrogen-bond acceptors (Lipinski definition) is 2. The molecule has 3 aromatic rings. The Morgan fingerprint density at radius 2 is 1.50 bits per heavy atom. The van der Waals surface area contributed by atoms with Crippen molar-refractivity contribution in [3.05, 3.63) is 95.0 Å². The molecule has 5 rings (SSSR count). The fourth-order valence-electron chi connectivity index (χ4n) is 5.12. The lowest BCUT2D eigenvalue weighted by Crippen LogP contribution is -2.68. The lowest BCUT2D eigenvalue weighted by Gasteiger charge is -2.45. The van der Waals surface area contributed by atoms with E-state index in [1.807, 2.05) is 12.1 Å². The van der Waals surface area contributed by atoms with Crippen LogP contribution in [0.3, 0.4) is 0 Å². The van der Waals surface area contributed by atoms with E-state index in [1.54, 1.807) is 0 Å². The van der Waals surface area contributed by atoms with E-state index in [1.165, 1.54) is 15.9 Å². The number of rotatable bonds is 4. The Morgan fingerprint density at radius 1 is 0.900 bits per heavy atom. The molecule has 0 amide bonds. The number of halogens is 1. The predicted octanol–water partition coefficient (Wildman–Crippen LogP) is 5.41. The number of fused-ring (bicyclic) bond motifs is 3. The molecule has 0 unspecified atom stereocenters. The van der Waals surface area contributed by atoms with Gasteiger partial charge in [0.15, 0.2) is 0 Å². The number of hydrogen-bond donors (Lipinski definition) is 0. The Hall–Kier alpha value is -1.91. The van der Waals surface area contributed by atoms with E-state index in [0.717, 1.165) is 23.4 Å². The average Bonchev–Trinajstić information content (AvgIpc) is 3.47. The van der Waals surface area contributed by atoms with Crippen molar-refractivity contribution >= 4 is 30.3 Å². The second-order valence-corrected chi connectivity index (χ2v) is 14.0. The zero-order valence-corrected chi connectivity index (χ0v) is 19.4. The molecule has 0 radical (unpaired) electrons. The van der Waals surface area contributed by atoms with Crippen molar-refractivity contribution in [2.24, 2.45) is 0 Å². The summed E-state index contributed by atoms with van der Waals surface area (Å²) in [7, 11) is -2.74. The molecule has 0 saturated carbocycles. The van der Waals surface area contributed by atoms with Crippen molar-refractivity contribution in [1.82, 2.24) is 0 Å². The number of aryl methyl sites for hydroxylation is 1. The molecule has 0 N–H and O–H groups in total. The zero-order valence-electron chi connectivity index (χ0n) is 17.7. The molecular weight excluding hydrogens is 408 g/mol. The highest BCUT2D eigenvalue weighted by molar-refractivity contribution is 6.99. The van der Waals surface area contributed by atoms with Gasteiger partial charge in [-0.15, -0.1) is 0 Å². The normalized spacial score (nSPS) is 22.9. The minimum Gasteiger partial charge on any atom is -0.375 e. The van der Waals surface area contributed by atoms with Crippen LogP contribution in [0.15, 0.2) is 78.9 Å². The molecule has 0 spiro atoms. The third kappa shape index (κ3) is 2.91. The molecule has 0 bridgehead atoms. The van der Waals surface area contributed by atoms with E-state index in [-0.39, 0.29) is 11.1 Å². The van der Waals surface area contributed by atoms with Gasteiger partial charge in [0, 0.05) is 10.6 Å². The van der Waals surface area contributed by atoms with Gasteiger partial charge >= 0.3 is 0 Å². The first-order valence-corrected chi connectivity index (χ1v) is 12.9. The molecule has 1 fully saturated rings. The standard InChI is InChI=1S/C26H27ClO2Si/c1-25(2,3)30(20-12-6-4-7-13-20,21-14-8-5-9-15-21)29-26-23(28-26)18-17-19-11-10-16-22(27)24(19)26/h4-16,23H,17-18H2,1-3H3/t23-,26+/m0/s1. The summed E-state index contributed by atoms with van der Waals surface area (Å²) in [5, 5.41) is 3.14. The van der Waals surface area contributed by atoms with Gasteiger partial charge in [0.2, 0.25) is 5.79 Å². The van der Waals surface area contributed by atoms with Crippen molar-refractivity contribution in [2.45, 2.75) is 50.5 Å². The Bertz CT molecular complexity index is 1020. The highest BCUT2D eigenvalue weighted by Crippen LogP contribution is 2.58. The summed E-state index contributed by atoms with van der Waals surface area (Å²) in [6.45, 7) is 6.89. The summed E-state index contributed by atoms with van der Waals surface area (Å²) in [5.74, 6) is -0.753. The summed E-state index contributed by atoms with van der Waals surface area (Å²) < 4.78 is 13.8. The predicted molar refractivity (Wildman–Crippen MR) is 125 cm³/mol. The van der Waals surface area contributed by atoms with Gasteiger partial charge < -0.3 is 9.16 Å². The van der Waals surface area contributed by atoms with Crippen LogP contribution in [-0.2, 0) is 21.4 Å². The van der Waals surface area contributed by atoms with Crippen molar-refractivity contribution in [2.75, 3.05) is 0 Å². The molecule has 154 valence electrons. The maximum Gasteiger partial charge on any atom is 0.265 e. The molecule has 2 nitrogen and oxygen atoms in total. The molecule has 30 heavy (non-hydrogen) atoms.